The van der Waals surface area contributed by atoms with E-state index < -0.39 is 42.7 Å². The Balaban J connectivity index is 2.57. The summed E-state index contributed by atoms with van der Waals surface area (Å²) in [6, 6.07) is 3.19. The summed E-state index contributed by atoms with van der Waals surface area (Å²) in [5, 5.41) is 14.3. The number of amidine groups is 1. The molecule has 0 spiro atoms. The molecular formula is C25H32F4N4O. The van der Waals surface area contributed by atoms with Gasteiger partial charge >= 0.3 is 0 Å². The molecular weight excluding hydrogens is 448 g/mol. The molecule has 1 fully saturated rings. The maximum absolute atomic E-state index is 14.6. The Bertz CT molecular complexity index is 974. The van der Waals surface area contributed by atoms with Crippen LogP contribution in [0.15, 0.2) is 47.1 Å². The zero-order chi connectivity index (χ0) is 25.4. The van der Waals surface area contributed by atoms with Crippen LogP contribution in [0.25, 0.3) is 0 Å². The number of carbonyl (C=O) groups excluding carboxylic acids is 1. The lowest BCUT2D eigenvalue weighted by Gasteiger charge is -2.29. The Morgan fingerprint density at radius 1 is 1.35 bits per heavy atom. The van der Waals surface area contributed by atoms with E-state index in [-0.39, 0.29) is 34.7 Å². The number of carbonyl (C=O) groups is 1. The molecule has 3 N–H and O–H groups in total. The molecule has 1 saturated heterocycles. The summed E-state index contributed by atoms with van der Waals surface area (Å²) in [6.07, 6.45) is -0.896. The van der Waals surface area contributed by atoms with E-state index in [1.54, 1.807) is 6.92 Å². The molecule has 0 aromatic heterocycles. The summed E-state index contributed by atoms with van der Waals surface area (Å²) in [5.74, 6) is -2.83. The van der Waals surface area contributed by atoms with Crippen molar-refractivity contribution < 1.29 is 22.4 Å². The first-order valence-electron chi connectivity index (χ1n) is 11.4. The van der Waals surface area contributed by atoms with E-state index in [9.17, 15) is 22.4 Å². The monoisotopic (exact) mass is 480 g/mol. The second kappa shape index (κ2) is 12.5. The molecule has 1 amide bonds. The number of alkyl halides is 3. The van der Waals surface area contributed by atoms with E-state index in [1.807, 2.05) is 6.92 Å². The van der Waals surface area contributed by atoms with E-state index in [1.165, 1.54) is 19.1 Å². The molecule has 2 rings (SSSR count). The van der Waals surface area contributed by atoms with Gasteiger partial charge in [0, 0.05) is 29.4 Å². The SMILES string of the molecule is C=CN=C1NC(=O)CC(C(F)F)/C1=C(/C)C(=N)c1cc(F)ccc1NC(CCCC)C(F)CC. The third-order valence-corrected chi connectivity index (χ3v) is 5.88. The van der Waals surface area contributed by atoms with Gasteiger partial charge in [-0.2, -0.15) is 0 Å². The number of allylic oxidation sites excluding steroid dienone is 1. The highest BCUT2D eigenvalue weighted by atomic mass is 19.3. The maximum Gasteiger partial charge on any atom is 0.246 e. The molecule has 0 saturated carbocycles. The van der Waals surface area contributed by atoms with Crippen molar-refractivity contribution in [3.63, 3.8) is 0 Å². The molecule has 0 aliphatic carbocycles. The largest absolute Gasteiger partial charge is 0.379 e. The molecule has 34 heavy (non-hydrogen) atoms. The van der Waals surface area contributed by atoms with Crippen molar-refractivity contribution in [2.75, 3.05) is 5.32 Å². The van der Waals surface area contributed by atoms with Crippen molar-refractivity contribution in [1.29, 1.82) is 5.41 Å². The number of hydrogen-bond donors (Lipinski definition) is 3. The molecule has 3 unspecified atom stereocenters. The van der Waals surface area contributed by atoms with Gasteiger partial charge in [0.25, 0.3) is 0 Å². The molecule has 1 aromatic rings. The number of amides is 1. The van der Waals surface area contributed by atoms with Crippen LogP contribution in [0, 0.1) is 17.1 Å². The quantitative estimate of drug-likeness (QED) is 0.262. The van der Waals surface area contributed by atoms with Gasteiger partial charge in [-0.25, -0.2) is 22.6 Å². The van der Waals surface area contributed by atoms with Crippen molar-refractivity contribution in [2.45, 2.75) is 71.5 Å². The average molecular weight is 481 g/mol. The molecule has 5 nitrogen and oxygen atoms in total. The Labute approximate surface area is 197 Å². The lowest BCUT2D eigenvalue weighted by Crippen LogP contribution is -2.44. The van der Waals surface area contributed by atoms with Gasteiger partial charge in [-0.05, 0) is 43.5 Å². The van der Waals surface area contributed by atoms with Gasteiger partial charge < -0.3 is 10.6 Å². The second-order valence-electron chi connectivity index (χ2n) is 8.27. The van der Waals surface area contributed by atoms with Crippen LogP contribution in [0.2, 0.25) is 0 Å². The van der Waals surface area contributed by atoms with Gasteiger partial charge in [0.1, 0.15) is 17.8 Å². The van der Waals surface area contributed by atoms with Gasteiger partial charge in [0.2, 0.25) is 12.3 Å². The van der Waals surface area contributed by atoms with Crippen molar-refractivity contribution in [1.82, 2.24) is 5.32 Å². The predicted octanol–water partition coefficient (Wildman–Crippen LogP) is 6.17. The zero-order valence-electron chi connectivity index (χ0n) is 19.7. The third-order valence-electron chi connectivity index (χ3n) is 5.88. The highest BCUT2D eigenvalue weighted by Crippen LogP contribution is 2.32. The first-order valence-corrected chi connectivity index (χ1v) is 11.4. The van der Waals surface area contributed by atoms with Gasteiger partial charge in [-0.3, -0.25) is 10.2 Å². The number of benzene rings is 1. The summed E-state index contributed by atoms with van der Waals surface area (Å²) in [4.78, 5) is 15.9. The molecule has 186 valence electrons. The van der Waals surface area contributed by atoms with Gasteiger partial charge in [-0.1, -0.05) is 33.3 Å². The predicted molar refractivity (Wildman–Crippen MR) is 128 cm³/mol. The first-order chi connectivity index (χ1) is 16.1. The highest BCUT2D eigenvalue weighted by Gasteiger charge is 2.37. The minimum atomic E-state index is -2.88. The summed E-state index contributed by atoms with van der Waals surface area (Å²) in [6.45, 7) is 8.64. The van der Waals surface area contributed by atoms with Crippen molar-refractivity contribution in [3.8, 4) is 0 Å². The summed E-state index contributed by atoms with van der Waals surface area (Å²) in [5.41, 5.74) is 0.319. The molecule has 9 heteroatoms. The normalized spacial score (nSPS) is 20.6. The van der Waals surface area contributed by atoms with Crippen LogP contribution in [0.1, 0.15) is 58.4 Å². The highest BCUT2D eigenvalue weighted by molar-refractivity contribution is 6.20. The molecule has 3 atom stereocenters. The number of nitrogens with zero attached hydrogens (tertiary/aromatic N) is 1. The fraction of sp³-hybridized carbons (Fsp3) is 0.480. The maximum atomic E-state index is 14.6. The Morgan fingerprint density at radius 2 is 2.06 bits per heavy atom. The van der Waals surface area contributed by atoms with E-state index in [4.69, 9.17) is 5.41 Å². The molecule has 1 aliphatic rings. The molecule has 1 heterocycles. The summed E-state index contributed by atoms with van der Waals surface area (Å²) < 4.78 is 56.6. The molecule has 1 aliphatic heterocycles. The van der Waals surface area contributed by atoms with Crippen molar-refractivity contribution in [3.05, 3.63) is 53.5 Å². The Kier molecular flexibility index (Phi) is 10.0. The minimum absolute atomic E-state index is 0.00540. The number of aliphatic imine (C=N–C) groups is 1. The molecule has 0 radical (unpaired) electrons. The van der Waals surface area contributed by atoms with Crippen LogP contribution in [-0.4, -0.2) is 36.1 Å². The third kappa shape index (κ3) is 6.55. The Morgan fingerprint density at radius 3 is 2.65 bits per heavy atom. The lowest BCUT2D eigenvalue weighted by molar-refractivity contribution is -0.122. The van der Waals surface area contributed by atoms with E-state index >= 15 is 0 Å². The van der Waals surface area contributed by atoms with Crippen LogP contribution in [0.4, 0.5) is 23.2 Å². The standard InChI is InChI=1S/C25H32F4N4O/c1-5-8-9-20(18(27)6-2)32-19-11-10-15(26)12-16(19)23(30)14(4)22-17(24(28)29)13-21(34)33-25(22)31-7-3/h7,10-12,17-18,20,24,30,32H,3,5-6,8-9,13H2,1-2,4H3,(H,31,33,34)/b22-14+,30-23?. The fourth-order valence-corrected chi connectivity index (χ4v) is 4.03. The van der Waals surface area contributed by atoms with Crippen LogP contribution < -0.4 is 10.6 Å². The van der Waals surface area contributed by atoms with Crippen molar-refractivity contribution >= 4 is 23.1 Å². The zero-order valence-corrected chi connectivity index (χ0v) is 19.7. The van der Waals surface area contributed by atoms with Gasteiger partial charge in [-0.15, -0.1) is 0 Å². The Hall–Kier alpha value is -2.97. The van der Waals surface area contributed by atoms with E-state index in [0.29, 0.717) is 12.1 Å². The average Bonchev–Trinajstić information content (AvgIpc) is 2.80. The van der Waals surface area contributed by atoms with Crippen LogP contribution in [-0.2, 0) is 4.79 Å². The second-order valence-corrected chi connectivity index (χ2v) is 8.27. The number of halogens is 4. The number of nitrogens with one attached hydrogen (secondary N) is 3. The summed E-state index contributed by atoms with van der Waals surface area (Å²) in [7, 11) is 0. The van der Waals surface area contributed by atoms with Crippen molar-refractivity contribution in [2.24, 2.45) is 10.9 Å². The van der Waals surface area contributed by atoms with Crippen LogP contribution >= 0.6 is 0 Å². The van der Waals surface area contributed by atoms with Crippen LogP contribution in [0.5, 0.6) is 0 Å². The number of hydrogen-bond acceptors (Lipinski definition) is 4. The number of piperidine rings is 1. The smallest absolute Gasteiger partial charge is 0.246 e. The van der Waals surface area contributed by atoms with Gasteiger partial charge in [0.15, 0.2) is 0 Å². The van der Waals surface area contributed by atoms with Gasteiger partial charge in [0.05, 0.1) is 17.7 Å². The fourth-order valence-electron chi connectivity index (χ4n) is 4.03. The minimum Gasteiger partial charge on any atom is -0.379 e. The number of anilines is 1. The lowest BCUT2D eigenvalue weighted by atomic mass is 9.84. The van der Waals surface area contributed by atoms with E-state index in [2.05, 4.69) is 22.2 Å². The first kappa shape index (κ1) is 27.3. The summed E-state index contributed by atoms with van der Waals surface area (Å²) >= 11 is 0. The topological polar surface area (TPSA) is 77.3 Å². The molecule has 1 aromatic carbocycles. The van der Waals surface area contributed by atoms with Crippen LogP contribution in [0.3, 0.4) is 0 Å². The molecule has 0 bridgehead atoms. The number of unbranched alkanes of at least 4 members (excludes halogenated alkanes) is 1. The number of rotatable bonds is 11. The van der Waals surface area contributed by atoms with E-state index in [0.717, 1.165) is 25.1 Å².